The Hall–Kier alpha value is -3.28. The van der Waals surface area contributed by atoms with Crippen LogP contribution in [0.25, 0.3) is 61.2 Å². The second-order valence-electron chi connectivity index (χ2n) is 11.3. The molecular weight excluding hydrogens is 824 g/mol. The summed E-state index contributed by atoms with van der Waals surface area (Å²) in [5.41, 5.74) is 14.1. The molecule has 0 bridgehead atoms. The van der Waals surface area contributed by atoms with Crippen molar-refractivity contribution in [3.05, 3.63) is 169 Å². The fourth-order valence-electron chi connectivity index (χ4n) is 6.14. The number of hydrogen-bond acceptors (Lipinski definition) is 0. The van der Waals surface area contributed by atoms with Gasteiger partial charge in [0.2, 0.25) is 0 Å². The van der Waals surface area contributed by atoms with Crippen molar-refractivity contribution in [1.82, 2.24) is 0 Å². The SMILES string of the molecule is Brc1cc(Br)c(-c2cc(-c3ccccc3)c(-c3ccccc3)cc2Br)cc1-c1cc(-c2ccccc2)c(C2=CCCC=C2)cc1Br. The molecule has 46 heavy (non-hydrogen) atoms. The highest BCUT2D eigenvalue weighted by Crippen LogP contribution is 2.47. The van der Waals surface area contributed by atoms with Crippen molar-refractivity contribution in [2.24, 2.45) is 0 Å². The Balaban J connectivity index is 1.42. The Bertz CT molecular complexity index is 2110. The lowest BCUT2D eigenvalue weighted by molar-refractivity contribution is 1.04. The van der Waals surface area contributed by atoms with E-state index in [4.69, 9.17) is 0 Å². The Morgan fingerprint density at radius 2 is 0.717 bits per heavy atom. The molecule has 0 aliphatic heterocycles. The molecule has 0 amide bonds. The molecule has 4 heteroatoms. The minimum Gasteiger partial charge on any atom is -0.0836 e. The maximum absolute atomic E-state index is 3.99. The highest BCUT2D eigenvalue weighted by atomic mass is 79.9. The first-order chi connectivity index (χ1) is 22.5. The van der Waals surface area contributed by atoms with E-state index in [9.17, 15) is 0 Å². The molecule has 0 radical (unpaired) electrons. The van der Waals surface area contributed by atoms with Gasteiger partial charge in [-0.3, -0.25) is 0 Å². The van der Waals surface area contributed by atoms with Crippen LogP contribution in [-0.2, 0) is 0 Å². The van der Waals surface area contributed by atoms with E-state index in [1.54, 1.807) is 0 Å². The fourth-order valence-corrected chi connectivity index (χ4v) is 8.68. The van der Waals surface area contributed by atoms with E-state index in [1.165, 1.54) is 44.5 Å². The molecule has 6 aromatic carbocycles. The lowest BCUT2D eigenvalue weighted by Crippen LogP contribution is -1.95. The fraction of sp³-hybridized carbons (Fsp3) is 0.0476. The number of benzene rings is 6. The van der Waals surface area contributed by atoms with E-state index in [-0.39, 0.29) is 0 Å². The van der Waals surface area contributed by atoms with Crippen molar-refractivity contribution < 1.29 is 0 Å². The third-order valence-corrected chi connectivity index (χ3v) is 11.0. The molecule has 0 saturated heterocycles. The van der Waals surface area contributed by atoms with E-state index < -0.39 is 0 Å². The van der Waals surface area contributed by atoms with Gasteiger partial charge in [0.25, 0.3) is 0 Å². The van der Waals surface area contributed by atoms with Gasteiger partial charge in [-0.15, -0.1) is 0 Å². The van der Waals surface area contributed by atoms with Crippen molar-refractivity contribution in [2.75, 3.05) is 0 Å². The molecule has 0 aromatic heterocycles. The largest absolute Gasteiger partial charge is 0.0836 e. The average Bonchev–Trinajstić information content (AvgIpc) is 3.10. The Labute approximate surface area is 304 Å². The van der Waals surface area contributed by atoms with Crippen molar-refractivity contribution in [3.8, 4) is 55.6 Å². The van der Waals surface area contributed by atoms with Gasteiger partial charge in [0.1, 0.15) is 0 Å². The summed E-state index contributed by atoms with van der Waals surface area (Å²) in [4.78, 5) is 0. The van der Waals surface area contributed by atoms with Crippen LogP contribution in [0.5, 0.6) is 0 Å². The van der Waals surface area contributed by atoms with Gasteiger partial charge in [-0.25, -0.2) is 0 Å². The number of allylic oxidation sites excluding steroid dienone is 4. The highest BCUT2D eigenvalue weighted by molar-refractivity contribution is 9.11. The third kappa shape index (κ3) is 6.33. The molecule has 0 heterocycles. The molecule has 224 valence electrons. The first kappa shape index (κ1) is 31.3. The summed E-state index contributed by atoms with van der Waals surface area (Å²) in [5, 5.41) is 0. The van der Waals surface area contributed by atoms with Crippen molar-refractivity contribution in [2.45, 2.75) is 12.8 Å². The Kier molecular flexibility index (Phi) is 9.42. The van der Waals surface area contributed by atoms with E-state index in [1.807, 2.05) is 0 Å². The number of rotatable bonds is 6. The molecule has 0 fully saturated rings. The first-order valence-corrected chi connectivity index (χ1v) is 18.4. The van der Waals surface area contributed by atoms with Gasteiger partial charge < -0.3 is 0 Å². The predicted molar refractivity (Wildman–Crippen MR) is 211 cm³/mol. The summed E-state index contributed by atoms with van der Waals surface area (Å²) >= 11 is 15.8. The minimum atomic E-state index is 1.02. The number of hydrogen-bond donors (Lipinski definition) is 0. The van der Waals surface area contributed by atoms with Crippen LogP contribution < -0.4 is 0 Å². The van der Waals surface area contributed by atoms with E-state index in [2.05, 4.69) is 209 Å². The second kappa shape index (κ2) is 13.8. The monoisotopic (exact) mass is 848 g/mol. The van der Waals surface area contributed by atoms with Crippen molar-refractivity contribution in [3.63, 3.8) is 0 Å². The van der Waals surface area contributed by atoms with Crippen LogP contribution in [0.1, 0.15) is 18.4 Å². The molecule has 0 saturated carbocycles. The number of halogens is 4. The summed E-state index contributed by atoms with van der Waals surface area (Å²) in [6, 6.07) is 45.6. The van der Waals surface area contributed by atoms with Crippen LogP contribution in [0.4, 0.5) is 0 Å². The molecule has 1 aliphatic carbocycles. The Morgan fingerprint density at radius 1 is 0.348 bits per heavy atom. The summed E-state index contributed by atoms with van der Waals surface area (Å²) in [7, 11) is 0. The van der Waals surface area contributed by atoms with Gasteiger partial charge in [0.05, 0.1) is 0 Å². The standard InChI is InChI=1S/C42H28Br4/c43-39-24-33(29-17-9-3-10-18-29)31(27-13-5-1-6-14-27)21-35(39)37-23-38(42(46)26-41(37)45)36-22-32(28-15-7-2-8-16-28)34(25-40(36)44)30-19-11-4-12-20-30/h1-3,5-11,13-26H,4,12H2. The van der Waals surface area contributed by atoms with E-state index >= 15 is 0 Å². The maximum Gasteiger partial charge on any atom is 0.0265 e. The van der Waals surface area contributed by atoms with Crippen LogP contribution in [0.3, 0.4) is 0 Å². The highest BCUT2D eigenvalue weighted by Gasteiger charge is 2.20. The summed E-state index contributed by atoms with van der Waals surface area (Å²) < 4.78 is 4.13. The topological polar surface area (TPSA) is 0 Å². The quantitative estimate of drug-likeness (QED) is 0.157. The zero-order chi connectivity index (χ0) is 31.6. The molecule has 0 spiro atoms. The summed E-state index contributed by atoms with van der Waals surface area (Å²) in [6.07, 6.45) is 9.03. The second-order valence-corrected chi connectivity index (χ2v) is 14.7. The lowest BCUT2D eigenvalue weighted by atomic mass is 9.88. The lowest BCUT2D eigenvalue weighted by Gasteiger charge is -2.20. The maximum atomic E-state index is 3.99. The van der Waals surface area contributed by atoms with Crippen molar-refractivity contribution in [1.29, 1.82) is 0 Å². The van der Waals surface area contributed by atoms with Crippen LogP contribution in [-0.4, -0.2) is 0 Å². The smallest absolute Gasteiger partial charge is 0.0265 e. The van der Waals surface area contributed by atoms with Crippen molar-refractivity contribution >= 4 is 69.3 Å². The first-order valence-electron chi connectivity index (χ1n) is 15.2. The minimum absolute atomic E-state index is 1.02. The van der Waals surface area contributed by atoms with Crippen LogP contribution in [0.15, 0.2) is 164 Å². The van der Waals surface area contributed by atoms with E-state index in [0.29, 0.717) is 0 Å². The van der Waals surface area contributed by atoms with Crippen LogP contribution in [0.2, 0.25) is 0 Å². The van der Waals surface area contributed by atoms with Crippen LogP contribution >= 0.6 is 63.7 Å². The summed E-state index contributed by atoms with van der Waals surface area (Å²) in [6.45, 7) is 0. The molecule has 6 aromatic rings. The van der Waals surface area contributed by atoms with Gasteiger partial charge in [0.15, 0.2) is 0 Å². The van der Waals surface area contributed by atoms with Gasteiger partial charge in [-0.2, -0.15) is 0 Å². The Morgan fingerprint density at radius 3 is 1.15 bits per heavy atom. The summed E-state index contributed by atoms with van der Waals surface area (Å²) in [5.74, 6) is 0. The normalized spacial score (nSPS) is 12.7. The molecule has 7 rings (SSSR count). The zero-order valence-electron chi connectivity index (χ0n) is 24.8. The zero-order valence-corrected chi connectivity index (χ0v) is 31.1. The molecular formula is C42H28Br4. The average molecular weight is 852 g/mol. The molecule has 0 N–H and O–H groups in total. The van der Waals surface area contributed by atoms with Crippen LogP contribution in [0, 0.1) is 0 Å². The van der Waals surface area contributed by atoms with Gasteiger partial charge in [0, 0.05) is 17.9 Å². The van der Waals surface area contributed by atoms with Gasteiger partial charge in [-0.05, 0) is 116 Å². The van der Waals surface area contributed by atoms with E-state index in [0.717, 1.165) is 53.0 Å². The molecule has 0 unspecified atom stereocenters. The molecule has 1 aliphatic rings. The van der Waals surface area contributed by atoms with Gasteiger partial charge in [-0.1, -0.05) is 173 Å². The predicted octanol–water partition coefficient (Wildman–Crippen LogP) is 14.8. The molecule has 0 atom stereocenters. The van der Waals surface area contributed by atoms with Gasteiger partial charge >= 0.3 is 0 Å². The third-order valence-electron chi connectivity index (χ3n) is 8.41. The molecule has 0 nitrogen and oxygen atoms in total.